The SMILES string of the molecule is Cc1nc(N)c2cnn(CCN(C)C)c2n1. The van der Waals surface area contributed by atoms with Gasteiger partial charge in [-0.3, -0.25) is 0 Å². The fourth-order valence-corrected chi connectivity index (χ4v) is 1.55. The van der Waals surface area contributed by atoms with Gasteiger partial charge in [0.2, 0.25) is 0 Å². The smallest absolute Gasteiger partial charge is 0.163 e. The van der Waals surface area contributed by atoms with E-state index in [1.54, 1.807) is 6.20 Å². The Bertz CT molecular complexity index is 501. The Balaban J connectivity index is 2.40. The highest BCUT2D eigenvalue weighted by Gasteiger charge is 2.08. The Hall–Kier alpha value is -1.69. The number of hydrogen-bond donors (Lipinski definition) is 1. The molecule has 0 saturated carbocycles. The van der Waals surface area contributed by atoms with E-state index in [4.69, 9.17) is 5.73 Å². The molecule has 0 fully saturated rings. The van der Waals surface area contributed by atoms with Crippen LogP contribution in [0, 0.1) is 6.92 Å². The highest BCUT2D eigenvalue weighted by Crippen LogP contribution is 2.16. The minimum Gasteiger partial charge on any atom is -0.383 e. The molecule has 2 rings (SSSR count). The van der Waals surface area contributed by atoms with Gasteiger partial charge in [-0.2, -0.15) is 5.10 Å². The monoisotopic (exact) mass is 220 g/mol. The largest absolute Gasteiger partial charge is 0.383 e. The van der Waals surface area contributed by atoms with Gasteiger partial charge in [0.15, 0.2) is 5.65 Å². The van der Waals surface area contributed by atoms with Gasteiger partial charge in [-0.05, 0) is 21.0 Å². The second kappa shape index (κ2) is 4.05. The number of rotatable bonds is 3. The average Bonchev–Trinajstić information content (AvgIpc) is 2.58. The molecule has 16 heavy (non-hydrogen) atoms. The summed E-state index contributed by atoms with van der Waals surface area (Å²) in [6.45, 7) is 3.55. The first kappa shape index (κ1) is 10.8. The van der Waals surface area contributed by atoms with E-state index >= 15 is 0 Å². The molecule has 0 aliphatic heterocycles. The molecule has 2 aromatic heterocycles. The zero-order valence-corrected chi connectivity index (χ0v) is 9.80. The number of likely N-dealkylation sites (N-methyl/N-ethyl adjacent to an activating group) is 1. The Morgan fingerprint density at radius 3 is 2.81 bits per heavy atom. The van der Waals surface area contributed by atoms with Crippen LogP contribution in [0.1, 0.15) is 5.82 Å². The highest BCUT2D eigenvalue weighted by atomic mass is 15.3. The van der Waals surface area contributed by atoms with E-state index in [2.05, 4.69) is 20.0 Å². The van der Waals surface area contributed by atoms with Crippen LogP contribution in [0.2, 0.25) is 0 Å². The van der Waals surface area contributed by atoms with Gasteiger partial charge in [-0.15, -0.1) is 0 Å². The van der Waals surface area contributed by atoms with Gasteiger partial charge in [0.25, 0.3) is 0 Å². The normalized spacial score (nSPS) is 11.5. The molecule has 86 valence electrons. The van der Waals surface area contributed by atoms with E-state index in [1.807, 2.05) is 25.7 Å². The second-order valence-corrected chi connectivity index (χ2v) is 4.06. The fourth-order valence-electron chi connectivity index (χ4n) is 1.55. The van der Waals surface area contributed by atoms with Crippen molar-refractivity contribution in [1.29, 1.82) is 0 Å². The molecule has 2 aromatic rings. The van der Waals surface area contributed by atoms with Crippen molar-refractivity contribution in [3.05, 3.63) is 12.0 Å². The maximum atomic E-state index is 5.81. The first-order valence-corrected chi connectivity index (χ1v) is 5.18. The molecule has 6 heteroatoms. The number of nitrogen functional groups attached to an aromatic ring is 1. The number of nitrogens with two attached hydrogens (primary N) is 1. The number of hydrogen-bond acceptors (Lipinski definition) is 5. The van der Waals surface area contributed by atoms with Gasteiger partial charge in [0, 0.05) is 6.54 Å². The van der Waals surface area contributed by atoms with Gasteiger partial charge in [-0.25, -0.2) is 14.6 Å². The standard InChI is InChI=1S/C10H16N6/c1-7-13-9(11)8-6-12-16(10(8)14-7)5-4-15(2)3/h6H,4-5H2,1-3H3,(H2,11,13,14). The van der Waals surface area contributed by atoms with Crippen molar-refractivity contribution >= 4 is 16.9 Å². The molecule has 0 spiro atoms. The second-order valence-electron chi connectivity index (χ2n) is 4.06. The van der Waals surface area contributed by atoms with E-state index in [1.165, 1.54) is 0 Å². The summed E-state index contributed by atoms with van der Waals surface area (Å²) in [6, 6.07) is 0. The molecule has 2 N–H and O–H groups in total. The molecule has 6 nitrogen and oxygen atoms in total. The number of aryl methyl sites for hydroxylation is 1. The Kier molecular flexibility index (Phi) is 2.74. The zero-order chi connectivity index (χ0) is 11.7. The molecule has 2 heterocycles. The van der Waals surface area contributed by atoms with Gasteiger partial charge >= 0.3 is 0 Å². The first-order chi connectivity index (χ1) is 7.58. The van der Waals surface area contributed by atoms with Crippen LogP contribution in [0.15, 0.2) is 6.20 Å². The summed E-state index contributed by atoms with van der Waals surface area (Å²) in [5.41, 5.74) is 6.62. The maximum Gasteiger partial charge on any atom is 0.163 e. The topological polar surface area (TPSA) is 72.9 Å². The van der Waals surface area contributed by atoms with Crippen LogP contribution >= 0.6 is 0 Å². The Labute approximate surface area is 94.1 Å². The predicted octanol–water partition coefficient (Wildman–Crippen LogP) is 0.279. The molecule has 0 aromatic carbocycles. The minimum absolute atomic E-state index is 0.499. The zero-order valence-electron chi connectivity index (χ0n) is 9.80. The van der Waals surface area contributed by atoms with Gasteiger partial charge in [0.1, 0.15) is 11.6 Å². The molecule has 0 unspecified atom stereocenters. The molecule has 0 bridgehead atoms. The molecule has 0 atom stereocenters. The lowest BCUT2D eigenvalue weighted by molar-refractivity contribution is 0.376. The van der Waals surface area contributed by atoms with Crippen molar-refractivity contribution in [3.63, 3.8) is 0 Å². The maximum absolute atomic E-state index is 5.81. The molecule has 0 saturated heterocycles. The van der Waals surface area contributed by atoms with Crippen molar-refractivity contribution in [1.82, 2.24) is 24.6 Å². The van der Waals surface area contributed by atoms with Crippen molar-refractivity contribution in [2.75, 3.05) is 26.4 Å². The van der Waals surface area contributed by atoms with Crippen LogP contribution in [0.5, 0.6) is 0 Å². The van der Waals surface area contributed by atoms with Gasteiger partial charge < -0.3 is 10.6 Å². The first-order valence-electron chi connectivity index (χ1n) is 5.18. The third kappa shape index (κ3) is 1.96. The van der Waals surface area contributed by atoms with Crippen molar-refractivity contribution in [3.8, 4) is 0 Å². The van der Waals surface area contributed by atoms with Crippen LogP contribution in [-0.2, 0) is 6.54 Å². The highest BCUT2D eigenvalue weighted by molar-refractivity contribution is 5.84. The van der Waals surface area contributed by atoms with Crippen LogP contribution in [-0.4, -0.2) is 45.3 Å². The molecule has 0 radical (unpaired) electrons. The summed E-state index contributed by atoms with van der Waals surface area (Å²) in [6.07, 6.45) is 1.72. The number of anilines is 1. The quantitative estimate of drug-likeness (QED) is 0.804. The summed E-state index contributed by atoms with van der Waals surface area (Å²) < 4.78 is 1.86. The van der Waals surface area contributed by atoms with Crippen LogP contribution < -0.4 is 5.73 Å². The third-order valence-corrected chi connectivity index (χ3v) is 2.40. The van der Waals surface area contributed by atoms with Gasteiger partial charge in [0.05, 0.1) is 18.1 Å². The van der Waals surface area contributed by atoms with E-state index in [0.29, 0.717) is 11.6 Å². The molecule has 0 amide bonds. The summed E-state index contributed by atoms with van der Waals surface area (Å²) in [5.74, 6) is 1.18. The predicted molar refractivity (Wildman–Crippen MR) is 63.0 cm³/mol. The average molecular weight is 220 g/mol. The van der Waals surface area contributed by atoms with E-state index in [0.717, 1.165) is 24.1 Å². The van der Waals surface area contributed by atoms with Gasteiger partial charge in [-0.1, -0.05) is 0 Å². The fraction of sp³-hybridized carbons (Fsp3) is 0.500. The van der Waals surface area contributed by atoms with E-state index < -0.39 is 0 Å². The molecular formula is C10H16N6. The molecule has 0 aliphatic rings. The van der Waals surface area contributed by atoms with Crippen LogP contribution in [0.25, 0.3) is 11.0 Å². The van der Waals surface area contributed by atoms with E-state index in [9.17, 15) is 0 Å². The van der Waals surface area contributed by atoms with E-state index in [-0.39, 0.29) is 0 Å². The molecule has 0 aliphatic carbocycles. The lowest BCUT2D eigenvalue weighted by Crippen LogP contribution is -2.19. The third-order valence-electron chi connectivity index (χ3n) is 2.40. The van der Waals surface area contributed by atoms with Crippen molar-refractivity contribution in [2.45, 2.75) is 13.5 Å². The van der Waals surface area contributed by atoms with Crippen LogP contribution in [0.3, 0.4) is 0 Å². The summed E-state index contributed by atoms with van der Waals surface area (Å²) in [7, 11) is 4.06. The summed E-state index contributed by atoms with van der Waals surface area (Å²) >= 11 is 0. The lowest BCUT2D eigenvalue weighted by Gasteiger charge is -2.09. The van der Waals surface area contributed by atoms with Crippen molar-refractivity contribution < 1.29 is 0 Å². The minimum atomic E-state index is 0.499. The number of fused-ring (bicyclic) bond motifs is 1. The summed E-state index contributed by atoms with van der Waals surface area (Å²) in [5, 5.41) is 5.10. The van der Waals surface area contributed by atoms with Crippen LogP contribution in [0.4, 0.5) is 5.82 Å². The van der Waals surface area contributed by atoms with Crippen molar-refractivity contribution in [2.24, 2.45) is 0 Å². The Morgan fingerprint density at radius 2 is 2.12 bits per heavy atom. The summed E-state index contributed by atoms with van der Waals surface area (Å²) in [4.78, 5) is 10.6. The number of aromatic nitrogens is 4. The lowest BCUT2D eigenvalue weighted by atomic mass is 10.4. The number of nitrogens with zero attached hydrogens (tertiary/aromatic N) is 5. The Morgan fingerprint density at radius 1 is 1.38 bits per heavy atom. The molecular weight excluding hydrogens is 204 g/mol.